The van der Waals surface area contributed by atoms with Gasteiger partial charge in [-0.25, -0.2) is 4.79 Å². The first-order valence-corrected chi connectivity index (χ1v) is 15.8. The molecule has 2 rings (SSSR count). The summed E-state index contributed by atoms with van der Waals surface area (Å²) in [7, 11) is -0.385. The second kappa shape index (κ2) is 13.7. The van der Waals surface area contributed by atoms with Gasteiger partial charge in [0.05, 0.1) is 20.3 Å². The van der Waals surface area contributed by atoms with Crippen molar-refractivity contribution in [3.63, 3.8) is 0 Å². The van der Waals surface area contributed by atoms with E-state index in [0.717, 1.165) is 5.56 Å². The maximum absolute atomic E-state index is 12.4. The Kier molecular flexibility index (Phi) is 11.2. The Morgan fingerprint density at radius 2 is 1.68 bits per heavy atom. The van der Waals surface area contributed by atoms with E-state index in [9.17, 15) is 14.7 Å². The van der Waals surface area contributed by atoms with Crippen molar-refractivity contribution >= 4 is 25.8 Å². The van der Waals surface area contributed by atoms with Crippen LogP contribution in [0.15, 0.2) is 36.4 Å². The van der Waals surface area contributed by atoms with E-state index in [2.05, 4.69) is 39.2 Å². The highest BCUT2D eigenvalue weighted by Crippen LogP contribution is 2.37. The van der Waals surface area contributed by atoms with Crippen molar-refractivity contribution < 1.29 is 33.3 Å². The van der Waals surface area contributed by atoms with Crippen LogP contribution in [0.25, 0.3) is 0 Å². The summed E-state index contributed by atoms with van der Waals surface area (Å²) in [5, 5.41) is 13.3. The van der Waals surface area contributed by atoms with E-state index in [4.69, 9.17) is 18.6 Å². The fourth-order valence-electron chi connectivity index (χ4n) is 3.48. The van der Waals surface area contributed by atoms with Crippen LogP contribution in [0.3, 0.4) is 0 Å². The Balaban J connectivity index is 2.22. The van der Waals surface area contributed by atoms with Crippen LogP contribution in [0.5, 0.6) is 17.2 Å². The number of carboxylic acids is 1. The van der Waals surface area contributed by atoms with E-state index in [0.29, 0.717) is 61.2 Å². The Hall–Kier alpha value is -3.04. The summed E-state index contributed by atoms with van der Waals surface area (Å²) in [6.07, 6.45) is 1.03. The molecule has 0 saturated heterocycles. The second-order valence-electron chi connectivity index (χ2n) is 11.0. The minimum atomic E-state index is -1.92. The third-order valence-corrected chi connectivity index (χ3v) is 11.2. The van der Waals surface area contributed by atoms with Crippen molar-refractivity contribution in [2.45, 2.75) is 71.6 Å². The molecule has 0 radical (unpaired) electrons. The first kappa shape index (κ1) is 31.2. The maximum Gasteiger partial charge on any atom is 0.330 e. The van der Waals surface area contributed by atoms with Crippen molar-refractivity contribution in [3.05, 3.63) is 47.5 Å². The maximum atomic E-state index is 12.4. The number of carbonyl (C=O) groups excluding carboxylic acids is 1. The van der Waals surface area contributed by atoms with Crippen LogP contribution < -0.4 is 19.5 Å². The van der Waals surface area contributed by atoms with Gasteiger partial charge in [-0.2, -0.15) is 0 Å². The largest absolute Gasteiger partial charge is 0.497 e. The molecule has 0 aromatic heterocycles. The van der Waals surface area contributed by atoms with Gasteiger partial charge in [-0.05, 0) is 50.0 Å². The molecule has 0 amide bonds. The highest BCUT2D eigenvalue weighted by molar-refractivity contribution is 6.74. The first-order valence-electron chi connectivity index (χ1n) is 12.9. The molecule has 0 aliphatic rings. The number of methoxy groups -OCH3 is 1. The van der Waals surface area contributed by atoms with E-state index in [1.807, 2.05) is 19.1 Å². The van der Waals surface area contributed by atoms with Gasteiger partial charge in [0.25, 0.3) is 0 Å². The number of benzene rings is 2. The Bertz CT molecular complexity index is 1090. The van der Waals surface area contributed by atoms with Crippen LogP contribution in [0.2, 0.25) is 18.1 Å². The van der Waals surface area contributed by atoms with E-state index < -0.39 is 20.3 Å². The lowest BCUT2D eigenvalue weighted by Crippen LogP contribution is -2.41. The van der Waals surface area contributed by atoms with Crippen molar-refractivity contribution in [2.24, 2.45) is 0 Å². The molecule has 8 nitrogen and oxygen atoms in total. The quantitative estimate of drug-likeness (QED) is 0.196. The zero-order valence-corrected chi connectivity index (χ0v) is 25.0. The standard InChI is InChI=1S/C29H43NO7Si/c1-20-11-12-25(26(16-20)36-14-15-37-38(7,8)29(3,4)5)27(28(32)33)30-22-17-23(34-6)19-24(18-22)35-13-9-10-21(2)31/h11-12,16-19,27,30H,9-10,13-15H2,1-8H3,(H,32,33). The van der Waals surface area contributed by atoms with Crippen LogP contribution in [0.4, 0.5) is 5.69 Å². The number of nitrogens with one attached hydrogen (secondary N) is 1. The zero-order valence-electron chi connectivity index (χ0n) is 24.0. The monoisotopic (exact) mass is 545 g/mol. The number of carbonyl (C=O) groups is 2. The second-order valence-corrected chi connectivity index (χ2v) is 15.8. The number of ether oxygens (including phenoxy) is 3. The highest BCUT2D eigenvalue weighted by atomic mass is 28.4. The molecule has 1 unspecified atom stereocenters. The molecular weight excluding hydrogens is 502 g/mol. The summed E-state index contributed by atoms with van der Waals surface area (Å²) in [6, 6.07) is 9.54. The van der Waals surface area contributed by atoms with Gasteiger partial charge in [-0.1, -0.05) is 32.9 Å². The summed E-state index contributed by atoms with van der Waals surface area (Å²) in [4.78, 5) is 23.6. The van der Waals surface area contributed by atoms with Gasteiger partial charge in [0.15, 0.2) is 14.4 Å². The van der Waals surface area contributed by atoms with Gasteiger partial charge in [0.2, 0.25) is 0 Å². The molecule has 9 heteroatoms. The number of aliphatic carboxylic acids is 1. The van der Waals surface area contributed by atoms with E-state index in [1.165, 1.54) is 7.11 Å². The molecule has 0 fully saturated rings. The minimum Gasteiger partial charge on any atom is -0.497 e. The van der Waals surface area contributed by atoms with Gasteiger partial charge >= 0.3 is 5.97 Å². The topological polar surface area (TPSA) is 103 Å². The number of carboxylic acid groups (broad SMARTS) is 1. The van der Waals surface area contributed by atoms with Gasteiger partial charge in [0.1, 0.15) is 29.6 Å². The average Bonchev–Trinajstić information content (AvgIpc) is 2.82. The highest BCUT2D eigenvalue weighted by Gasteiger charge is 2.37. The molecule has 1 atom stereocenters. The first-order chi connectivity index (χ1) is 17.7. The molecule has 2 N–H and O–H groups in total. The molecule has 0 saturated carbocycles. The Morgan fingerprint density at radius 3 is 2.29 bits per heavy atom. The summed E-state index contributed by atoms with van der Waals surface area (Å²) in [6.45, 7) is 15.5. The number of hydrogen-bond acceptors (Lipinski definition) is 7. The molecule has 0 bridgehead atoms. The summed E-state index contributed by atoms with van der Waals surface area (Å²) in [5.41, 5.74) is 1.98. The van der Waals surface area contributed by atoms with Gasteiger partial charge in [-0.15, -0.1) is 0 Å². The number of rotatable bonds is 15. The van der Waals surface area contributed by atoms with Crippen molar-refractivity contribution in [1.29, 1.82) is 0 Å². The van der Waals surface area contributed by atoms with Crippen LogP contribution >= 0.6 is 0 Å². The Labute approximate surface area is 227 Å². The molecule has 2 aromatic rings. The number of hydrogen-bond donors (Lipinski definition) is 2. The van der Waals surface area contributed by atoms with Gasteiger partial charge < -0.3 is 33.9 Å². The molecule has 0 aliphatic heterocycles. The third-order valence-electron chi connectivity index (χ3n) is 6.71. The van der Waals surface area contributed by atoms with Crippen LogP contribution in [0, 0.1) is 6.92 Å². The van der Waals surface area contributed by atoms with Crippen molar-refractivity contribution in [1.82, 2.24) is 0 Å². The number of anilines is 1. The molecule has 38 heavy (non-hydrogen) atoms. The van der Waals surface area contributed by atoms with E-state index >= 15 is 0 Å². The molecule has 210 valence electrons. The molecule has 0 aliphatic carbocycles. The number of aryl methyl sites for hydroxylation is 1. The molecule has 0 spiro atoms. The average molecular weight is 546 g/mol. The molecule has 0 heterocycles. The predicted octanol–water partition coefficient (Wildman–Crippen LogP) is 6.39. The lowest BCUT2D eigenvalue weighted by Gasteiger charge is -2.36. The number of ketones is 1. The lowest BCUT2D eigenvalue weighted by molar-refractivity contribution is -0.138. The fraction of sp³-hybridized carbons (Fsp3) is 0.517. The van der Waals surface area contributed by atoms with Crippen LogP contribution in [0.1, 0.15) is 57.7 Å². The fourth-order valence-corrected chi connectivity index (χ4v) is 4.50. The van der Waals surface area contributed by atoms with E-state index in [-0.39, 0.29) is 10.8 Å². The number of Topliss-reactive ketones (excluding diaryl/α,β-unsaturated/α-hetero) is 1. The summed E-state index contributed by atoms with van der Waals surface area (Å²) in [5.74, 6) is 0.579. The lowest BCUT2D eigenvalue weighted by atomic mass is 10.0. The smallest absolute Gasteiger partial charge is 0.330 e. The minimum absolute atomic E-state index is 0.0898. The Morgan fingerprint density at radius 1 is 1.00 bits per heavy atom. The van der Waals surface area contributed by atoms with Gasteiger partial charge in [0, 0.05) is 35.9 Å². The summed E-state index contributed by atoms with van der Waals surface area (Å²) >= 11 is 0. The van der Waals surface area contributed by atoms with Crippen molar-refractivity contribution in [2.75, 3.05) is 32.2 Å². The van der Waals surface area contributed by atoms with Gasteiger partial charge in [-0.3, -0.25) is 0 Å². The normalized spacial score (nSPS) is 12.5. The SMILES string of the molecule is COc1cc(NC(C(=O)O)c2ccc(C)cc2OCCO[Si](C)(C)C(C)(C)C)cc(OCCCC(C)=O)c1. The van der Waals surface area contributed by atoms with Crippen molar-refractivity contribution in [3.8, 4) is 17.2 Å². The molecule has 2 aromatic carbocycles. The zero-order chi connectivity index (χ0) is 28.5. The molecular formula is C29H43NO7Si. The third kappa shape index (κ3) is 9.36. The van der Waals surface area contributed by atoms with E-state index in [1.54, 1.807) is 31.2 Å². The predicted molar refractivity (Wildman–Crippen MR) is 152 cm³/mol. The summed E-state index contributed by atoms with van der Waals surface area (Å²) < 4.78 is 23.5. The van der Waals surface area contributed by atoms with Crippen LogP contribution in [-0.4, -0.2) is 52.1 Å². The van der Waals surface area contributed by atoms with Crippen LogP contribution in [-0.2, 0) is 14.0 Å².